The van der Waals surface area contributed by atoms with Gasteiger partial charge < -0.3 is 0 Å². The van der Waals surface area contributed by atoms with Gasteiger partial charge in [-0.3, -0.25) is 9.78 Å². The number of nitrogens with zero attached hydrogens (tertiary/aromatic N) is 3. The van der Waals surface area contributed by atoms with Gasteiger partial charge in [0, 0.05) is 28.9 Å². The molecule has 0 saturated carbocycles. The molecule has 0 unspecified atom stereocenters. The molecule has 2 heterocycles. The Labute approximate surface area is 125 Å². The van der Waals surface area contributed by atoms with E-state index in [1.807, 2.05) is 0 Å². The molecule has 0 atom stereocenters. The second-order valence-electron chi connectivity index (χ2n) is 4.99. The van der Waals surface area contributed by atoms with Gasteiger partial charge >= 0.3 is 6.18 Å². The van der Waals surface area contributed by atoms with Gasteiger partial charge in [-0.2, -0.15) is 13.2 Å². The minimum Gasteiger partial charge on any atom is -0.287 e. The Morgan fingerprint density at radius 2 is 1.74 bits per heavy atom. The predicted octanol–water partition coefficient (Wildman–Crippen LogP) is 3.39. The Morgan fingerprint density at radius 3 is 2.48 bits per heavy atom. The van der Waals surface area contributed by atoms with E-state index >= 15 is 0 Å². The number of rotatable bonds is 0. The standard InChI is InChI=1S/C15H5F4N3O/c16-6-1-2-10-7(3-6)11-8-4-21-14(15(17,18)19)22-12(8)13(23)9(11)5-20-10/h1-5H. The van der Waals surface area contributed by atoms with Gasteiger partial charge in [0.2, 0.25) is 11.6 Å². The molecule has 4 rings (SSSR count). The van der Waals surface area contributed by atoms with Gasteiger partial charge in [0.05, 0.1) is 11.1 Å². The smallest absolute Gasteiger partial charge is 0.287 e. The predicted molar refractivity (Wildman–Crippen MR) is 71.2 cm³/mol. The molecule has 1 aliphatic rings. The van der Waals surface area contributed by atoms with E-state index in [1.165, 1.54) is 24.4 Å². The highest BCUT2D eigenvalue weighted by Crippen LogP contribution is 2.40. The molecule has 1 aliphatic carbocycles. The van der Waals surface area contributed by atoms with Crippen LogP contribution in [0.25, 0.3) is 22.0 Å². The maximum atomic E-state index is 13.5. The number of carbonyl (C=O) groups excluding carboxylic acids is 1. The molecule has 114 valence electrons. The highest BCUT2D eigenvalue weighted by atomic mass is 19.4. The first-order valence-electron chi connectivity index (χ1n) is 6.44. The van der Waals surface area contributed by atoms with Crippen molar-refractivity contribution < 1.29 is 22.4 Å². The zero-order valence-electron chi connectivity index (χ0n) is 11.1. The average molecular weight is 319 g/mol. The molecule has 1 aromatic carbocycles. The summed E-state index contributed by atoms with van der Waals surface area (Å²) < 4.78 is 51.7. The Kier molecular flexibility index (Phi) is 2.58. The molecule has 0 spiro atoms. The molecular weight excluding hydrogens is 314 g/mol. The number of benzene rings is 1. The lowest BCUT2D eigenvalue weighted by Gasteiger charge is -2.07. The molecule has 4 nitrogen and oxygen atoms in total. The molecule has 0 fully saturated rings. The van der Waals surface area contributed by atoms with E-state index in [0.717, 1.165) is 6.20 Å². The minimum atomic E-state index is -4.75. The van der Waals surface area contributed by atoms with E-state index in [9.17, 15) is 22.4 Å². The highest BCUT2D eigenvalue weighted by Gasteiger charge is 2.38. The van der Waals surface area contributed by atoms with Crippen molar-refractivity contribution in [1.29, 1.82) is 0 Å². The number of carbonyl (C=O) groups is 1. The van der Waals surface area contributed by atoms with Gasteiger partial charge in [-0.15, -0.1) is 0 Å². The summed E-state index contributed by atoms with van der Waals surface area (Å²) in [6.07, 6.45) is -2.55. The summed E-state index contributed by atoms with van der Waals surface area (Å²) in [7, 11) is 0. The minimum absolute atomic E-state index is 0.0896. The van der Waals surface area contributed by atoms with Gasteiger partial charge in [-0.05, 0) is 18.2 Å². The third-order valence-corrected chi connectivity index (χ3v) is 3.60. The molecule has 0 radical (unpaired) electrons. The third-order valence-electron chi connectivity index (χ3n) is 3.60. The van der Waals surface area contributed by atoms with Crippen LogP contribution in [0.2, 0.25) is 0 Å². The zero-order chi connectivity index (χ0) is 16.4. The van der Waals surface area contributed by atoms with Crippen LogP contribution in [0.15, 0.2) is 30.6 Å². The topological polar surface area (TPSA) is 55.7 Å². The van der Waals surface area contributed by atoms with Gasteiger partial charge in [0.1, 0.15) is 11.5 Å². The summed E-state index contributed by atoms with van der Waals surface area (Å²) in [6, 6.07) is 3.82. The number of ketones is 1. The Morgan fingerprint density at radius 1 is 1.00 bits per heavy atom. The Balaban J connectivity index is 2.05. The third kappa shape index (κ3) is 1.91. The molecule has 0 aliphatic heterocycles. The first-order valence-corrected chi connectivity index (χ1v) is 6.44. The fourth-order valence-corrected chi connectivity index (χ4v) is 2.63. The summed E-state index contributed by atoms with van der Waals surface area (Å²) in [5, 5.41) is 0.331. The first kappa shape index (κ1) is 13.7. The molecule has 3 aromatic rings. The second kappa shape index (κ2) is 4.31. The zero-order valence-corrected chi connectivity index (χ0v) is 11.1. The molecule has 0 saturated heterocycles. The van der Waals surface area contributed by atoms with E-state index in [0.29, 0.717) is 16.5 Å². The molecular formula is C15H5F4N3O. The Hall–Kier alpha value is -2.90. The van der Waals surface area contributed by atoms with Gasteiger partial charge in [-0.25, -0.2) is 14.4 Å². The van der Waals surface area contributed by atoms with Crippen LogP contribution in [0.5, 0.6) is 0 Å². The number of aromatic nitrogens is 3. The highest BCUT2D eigenvalue weighted by molar-refractivity contribution is 6.24. The van der Waals surface area contributed by atoms with E-state index in [1.54, 1.807) is 0 Å². The van der Waals surface area contributed by atoms with Crippen molar-refractivity contribution in [3.63, 3.8) is 0 Å². The summed E-state index contributed by atoms with van der Waals surface area (Å²) in [5.41, 5.74) is 0.623. The lowest BCUT2D eigenvalue weighted by Crippen LogP contribution is -2.13. The average Bonchev–Trinajstić information content (AvgIpc) is 2.79. The van der Waals surface area contributed by atoms with Crippen molar-refractivity contribution in [2.75, 3.05) is 0 Å². The molecule has 8 heteroatoms. The largest absolute Gasteiger partial charge is 0.451 e. The maximum absolute atomic E-state index is 13.5. The van der Waals surface area contributed by atoms with E-state index < -0.39 is 23.6 Å². The number of pyridine rings is 1. The number of halogens is 4. The van der Waals surface area contributed by atoms with Crippen LogP contribution in [0.4, 0.5) is 17.6 Å². The van der Waals surface area contributed by atoms with Crippen LogP contribution in [0, 0.1) is 5.82 Å². The fourth-order valence-electron chi connectivity index (χ4n) is 2.63. The Bertz CT molecular complexity index is 998. The van der Waals surface area contributed by atoms with E-state index in [2.05, 4.69) is 15.0 Å². The van der Waals surface area contributed by atoms with Crippen LogP contribution in [-0.2, 0) is 6.18 Å². The lowest BCUT2D eigenvalue weighted by molar-refractivity contribution is -0.145. The summed E-state index contributed by atoms with van der Waals surface area (Å²) >= 11 is 0. The first-order chi connectivity index (χ1) is 10.9. The van der Waals surface area contributed by atoms with Crippen LogP contribution in [-0.4, -0.2) is 20.7 Å². The van der Waals surface area contributed by atoms with Crippen molar-refractivity contribution in [1.82, 2.24) is 15.0 Å². The van der Waals surface area contributed by atoms with Crippen LogP contribution < -0.4 is 0 Å². The molecule has 2 aromatic heterocycles. The van der Waals surface area contributed by atoms with Crippen LogP contribution in [0.1, 0.15) is 21.9 Å². The van der Waals surface area contributed by atoms with Crippen LogP contribution in [0.3, 0.4) is 0 Å². The van der Waals surface area contributed by atoms with Crippen molar-refractivity contribution in [3.8, 4) is 11.1 Å². The lowest BCUT2D eigenvalue weighted by atomic mass is 10.0. The van der Waals surface area contributed by atoms with Gasteiger partial charge in [0.15, 0.2) is 0 Å². The molecule has 23 heavy (non-hydrogen) atoms. The molecule has 0 bridgehead atoms. The fraction of sp³-hybridized carbons (Fsp3) is 0.0667. The summed E-state index contributed by atoms with van der Waals surface area (Å²) in [6.45, 7) is 0. The SMILES string of the molecule is O=C1c2cnc3ccc(F)cc3c2-c2cnc(C(F)(F)F)nc21. The molecule has 0 amide bonds. The molecule has 0 N–H and O–H groups in total. The van der Waals surface area contributed by atoms with Gasteiger partial charge in [-0.1, -0.05) is 0 Å². The maximum Gasteiger partial charge on any atom is 0.451 e. The quantitative estimate of drug-likeness (QED) is 0.466. The van der Waals surface area contributed by atoms with Crippen LogP contribution >= 0.6 is 0 Å². The summed E-state index contributed by atoms with van der Waals surface area (Å²) in [4.78, 5) is 23.0. The van der Waals surface area contributed by atoms with Crippen molar-refractivity contribution in [2.24, 2.45) is 0 Å². The van der Waals surface area contributed by atoms with Gasteiger partial charge in [0.25, 0.3) is 0 Å². The van der Waals surface area contributed by atoms with E-state index in [-0.39, 0.29) is 16.8 Å². The summed E-state index contributed by atoms with van der Waals surface area (Å²) in [5.74, 6) is -2.61. The number of hydrogen-bond acceptors (Lipinski definition) is 4. The number of hydrogen-bond donors (Lipinski definition) is 0. The monoisotopic (exact) mass is 319 g/mol. The second-order valence-corrected chi connectivity index (χ2v) is 4.99. The van der Waals surface area contributed by atoms with Crippen molar-refractivity contribution in [3.05, 3.63) is 53.5 Å². The van der Waals surface area contributed by atoms with Crippen molar-refractivity contribution in [2.45, 2.75) is 6.18 Å². The number of fused-ring (bicyclic) bond motifs is 5. The van der Waals surface area contributed by atoms with E-state index in [4.69, 9.17) is 0 Å². The number of alkyl halides is 3. The van der Waals surface area contributed by atoms with Crippen molar-refractivity contribution >= 4 is 16.7 Å². The normalized spacial score (nSPS) is 13.3.